The van der Waals surface area contributed by atoms with E-state index in [0.29, 0.717) is 30.3 Å². The Labute approximate surface area is 123 Å². The predicted molar refractivity (Wildman–Crippen MR) is 79.6 cm³/mol. The van der Waals surface area contributed by atoms with Crippen LogP contribution in [0.5, 0.6) is 11.5 Å². The average molecular weight is 283 g/mol. The van der Waals surface area contributed by atoms with Gasteiger partial charge in [0.15, 0.2) is 0 Å². The minimum atomic E-state index is -0.154. The molecular weight excluding hydrogens is 266 g/mol. The highest BCUT2D eigenvalue weighted by Gasteiger charge is 2.24. The van der Waals surface area contributed by atoms with Crippen LogP contribution in [0.15, 0.2) is 48.5 Å². The van der Waals surface area contributed by atoms with Crippen LogP contribution in [0.1, 0.15) is 22.8 Å². The summed E-state index contributed by atoms with van der Waals surface area (Å²) in [5.74, 6) is 0.962. The summed E-state index contributed by atoms with van der Waals surface area (Å²) in [5.41, 5.74) is 1.52. The van der Waals surface area contributed by atoms with Crippen LogP contribution in [-0.4, -0.2) is 18.6 Å². The third-order valence-corrected chi connectivity index (χ3v) is 3.32. The monoisotopic (exact) mass is 283 g/mol. The lowest BCUT2D eigenvalue weighted by Gasteiger charge is -2.12. The molecule has 0 saturated heterocycles. The topological polar surface area (TPSA) is 47.6 Å². The number of hydrogen-bond acceptors (Lipinski definition) is 3. The van der Waals surface area contributed by atoms with Gasteiger partial charge in [-0.15, -0.1) is 0 Å². The molecule has 0 aliphatic carbocycles. The fourth-order valence-electron chi connectivity index (χ4n) is 2.26. The first kappa shape index (κ1) is 13.5. The second-order valence-electron chi connectivity index (χ2n) is 5.09. The van der Waals surface area contributed by atoms with Gasteiger partial charge in [0.2, 0.25) is 0 Å². The van der Waals surface area contributed by atoms with Gasteiger partial charge in [0, 0.05) is 0 Å². The van der Waals surface area contributed by atoms with Crippen molar-refractivity contribution in [3.63, 3.8) is 0 Å². The molecule has 0 radical (unpaired) electrons. The molecule has 0 aromatic heterocycles. The molecule has 1 aliphatic rings. The van der Waals surface area contributed by atoms with Gasteiger partial charge in [-0.25, -0.2) is 0 Å². The Morgan fingerprint density at radius 2 is 2.00 bits per heavy atom. The van der Waals surface area contributed by atoms with Crippen molar-refractivity contribution in [3.05, 3.63) is 59.7 Å². The molecule has 4 heteroatoms. The van der Waals surface area contributed by atoms with Crippen LogP contribution in [0.2, 0.25) is 0 Å². The highest BCUT2D eigenvalue weighted by molar-refractivity contribution is 6.00. The zero-order chi connectivity index (χ0) is 14.7. The Balaban J connectivity index is 1.85. The smallest absolute Gasteiger partial charge is 0.259 e. The van der Waals surface area contributed by atoms with Crippen molar-refractivity contribution < 1.29 is 14.3 Å². The summed E-state index contributed by atoms with van der Waals surface area (Å²) in [4.78, 5) is 12.3. The maximum absolute atomic E-state index is 12.3. The van der Waals surface area contributed by atoms with E-state index in [0.717, 1.165) is 5.56 Å². The standard InChI is InChI=1S/C17H17NO3/c1-12-10-20-14-8-5-9-15(16(14)17(19)18-12)21-11-13-6-3-2-4-7-13/h2-9,12H,10-11H2,1H3,(H,18,19)/t12-/m0/s1. The zero-order valence-electron chi connectivity index (χ0n) is 11.8. The summed E-state index contributed by atoms with van der Waals surface area (Å²) >= 11 is 0. The van der Waals surface area contributed by atoms with E-state index in [2.05, 4.69) is 5.32 Å². The first-order valence-electron chi connectivity index (χ1n) is 6.97. The van der Waals surface area contributed by atoms with Crippen molar-refractivity contribution in [1.29, 1.82) is 0 Å². The molecule has 0 fully saturated rings. The third kappa shape index (κ3) is 2.99. The van der Waals surface area contributed by atoms with E-state index < -0.39 is 0 Å². The van der Waals surface area contributed by atoms with Gasteiger partial charge in [-0.1, -0.05) is 36.4 Å². The van der Waals surface area contributed by atoms with Crippen molar-refractivity contribution in [2.24, 2.45) is 0 Å². The molecule has 21 heavy (non-hydrogen) atoms. The summed E-state index contributed by atoms with van der Waals surface area (Å²) in [7, 11) is 0. The van der Waals surface area contributed by atoms with Gasteiger partial charge in [0.1, 0.15) is 30.3 Å². The molecule has 0 bridgehead atoms. The normalized spacial score (nSPS) is 17.2. The van der Waals surface area contributed by atoms with Gasteiger partial charge < -0.3 is 14.8 Å². The molecule has 1 aliphatic heterocycles. The van der Waals surface area contributed by atoms with E-state index in [1.54, 1.807) is 12.1 Å². The summed E-state index contributed by atoms with van der Waals surface area (Å²) in [5, 5.41) is 2.89. The summed E-state index contributed by atoms with van der Waals surface area (Å²) in [6, 6.07) is 15.3. The molecule has 0 spiro atoms. The molecular formula is C17H17NO3. The van der Waals surface area contributed by atoms with Gasteiger partial charge in [0.25, 0.3) is 5.91 Å². The zero-order valence-corrected chi connectivity index (χ0v) is 11.8. The Morgan fingerprint density at radius 1 is 1.19 bits per heavy atom. The van der Waals surface area contributed by atoms with Crippen LogP contribution in [-0.2, 0) is 6.61 Å². The number of fused-ring (bicyclic) bond motifs is 1. The number of rotatable bonds is 3. The van der Waals surface area contributed by atoms with Gasteiger partial charge >= 0.3 is 0 Å². The first-order chi connectivity index (χ1) is 10.2. The number of carbonyl (C=O) groups excluding carboxylic acids is 1. The second-order valence-corrected chi connectivity index (χ2v) is 5.09. The average Bonchev–Trinajstić information content (AvgIpc) is 2.65. The van der Waals surface area contributed by atoms with Crippen LogP contribution in [0, 0.1) is 0 Å². The molecule has 1 heterocycles. The lowest BCUT2D eigenvalue weighted by atomic mass is 10.1. The molecule has 0 unspecified atom stereocenters. The van der Waals surface area contributed by atoms with Crippen molar-refractivity contribution >= 4 is 5.91 Å². The number of hydrogen-bond donors (Lipinski definition) is 1. The number of ether oxygens (including phenoxy) is 2. The van der Waals surface area contributed by atoms with Crippen LogP contribution in [0.4, 0.5) is 0 Å². The van der Waals surface area contributed by atoms with Gasteiger partial charge in [0.05, 0.1) is 6.04 Å². The molecule has 1 N–H and O–H groups in total. The lowest BCUT2D eigenvalue weighted by Crippen LogP contribution is -2.34. The van der Waals surface area contributed by atoms with Crippen molar-refractivity contribution in [2.45, 2.75) is 19.6 Å². The third-order valence-electron chi connectivity index (χ3n) is 3.32. The predicted octanol–water partition coefficient (Wildman–Crippen LogP) is 2.78. The highest BCUT2D eigenvalue weighted by Crippen LogP contribution is 2.30. The van der Waals surface area contributed by atoms with E-state index in [4.69, 9.17) is 9.47 Å². The van der Waals surface area contributed by atoms with E-state index in [-0.39, 0.29) is 11.9 Å². The van der Waals surface area contributed by atoms with Crippen LogP contribution >= 0.6 is 0 Å². The molecule has 2 aromatic rings. The Morgan fingerprint density at radius 3 is 2.81 bits per heavy atom. The lowest BCUT2D eigenvalue weighted by molar-refractivity contribution is 0.0938. The van der Waals surface area contributed by atoms with Crippen LogP contribution < -0.4 is 14.8 Å². The van der Waals surface area contributed by atoms with Crippen molar-refractivity contribution in [2.75, 3.05) is 6.61 Å². The van der Waals surface area contributed by atoms with Crippen LogP contribution in [0.25, 0.3) is 0 Å². The fourth-order valence-corrected chi connectivity index (χ4v) is 2.26. The quantitative estimate of drug-likeness (QED) is 0.942. The molecule has 3 rings (SSSR count). The second kappa shape index (κ2) is 5.87. The van der Waals surface area contributed by atoms with Gasteiger partial charge in [-0.3, -0.25) is 4.79 Å². The summed E-state index contributed by atoms with van der Waals surface area (Å²) in [6.07, 6.45) is 0. The molecule has 1 atom stereocenters. The molecule has 2 aromatic carbocycles. The van der Waals surface area contributed by atoms with Crippen molar-refractivity contribution in [1.82, 2.24) is 5.32 Å². The van der Waals surface area contributed by atoms with Gasteiger partial charge in [-0.05, 0) is 24.6 Å². The fraction of sp³-hybridized carbons (Fsp3) is 0.235. The number of nitrogens with one attached hydrogen (secondary N) is 1. The summed E-state index contributed by atoms with van der Waals surface area (Å²) < 4.78 is 11.5. The van der Waals surface area contributed by atoms with Crippen LogP contribution in [0.3, 0.4) is 0 Å². The Kier molecular flexibility index (Phi) is 3.77. The van der Waals surface area contributed by atoms with Gasteiger partial charge in [-0.2, -0.15) is 0 Å². The minimum absolute atomic E-state index is 0.0214. The number of amides is 1. The van der Waals surface area contributed by atoms with E-state index >= 15 is 0 Å². The van der Waals surface area contributed by atoms with E-state index in [1.807, 2.05) is 43.3 Å². The largest absolute Gasteiger partial charge is 0.490 e. The van der Waals surface area contributed by atoms with E-state index in [1.165, 1.54) is 0 Å². The van der Waals surface area contributed by atoms with E-state index in [9.17, 15) is 4.79 Å². The molecule has 108 valence electrons. The minimum Gasteiger partial charge on any atom is -0.490 e. The Bertz CT molecular complexity index is 640. The SMILES string of the molecule is C[C@H]1COc2cccc(OCc3ccccc3)c2C(=O)N1. The first-order valence-corrected chi connectivity index (χ1v) is 6.97. The Hall–Kier alpha value is -2.49. The maximum Gasteiger partial charge on any atom is 0.259 e. The highest BCUT2D eigenvalue weighted by atomic mass is 16.5. The number of carbonyl (C=O) groups is 1. The molecule has 4 nitrogen and oxygen atoms in total. The number of benzene rings is 2. The summed E-state index contributed by atoms with van der Waals surface area (Å²) in [6.45, 7) is 2.79. The maximum atomic E-state index is 12.3. The molecule has 0 saturated carbocycles. The van der Waals surface area contributed by atoms with Crippen molar-refractivity contribution in [3.8, 4) is 11.5 Å². The molecule has 1 amide bonds.